The van der Waals surface area contributed by atoms with Crippen LogP contribution in [-0.4, -0.2) is 17.6 Å². The zero-order valence-electron chi connectivity index (χ0n) is 8.33. The maximum Gasteiger partial charge on any atom is 0.141 e. The Morgan fingerprint density at radius 1 is 1.57 bits per heavy atom. The van der Waals surface area contributed by atoms with Gasteiger partial charge in [-0.25, -0.2) is 4.39 Å². The lowest BCUT2D eigenvalue weighted by Gasteiger charge is -2.11. The summed E-state index contributed by atoms with van der Waals surface area (Å²) >= 11 is 0. The summed E-state index contributed by atoms with van der Waals surface area (Å²) in [7, 11) is 0. The maximum atomic E-state index is 12.5. The second kappa shape index (κ2) is 5.67. The van der Waals surface area contributed by atoms with Crippen LogP contribution in [0.4, 0.5) is 4.39 Å². The molecule has 0 bridgehead atoms. The summed E-state index contributed by atoms with van der Waals surface area (Å²) in [4.78, 5) is 3.94. The molecular weight excluding hydrogens is 181 g/mol. The van der Waals surface area contributed by atoms with Gasteiger partial charge in [0.05, 0.1) is 11.9 Å². The summed E-state index contributed by atoms with van der Waals surface area (Å²) in [5.74, 6) is -0.302. The van der Waals surface area contributed by atoms with Gasteiger partial charge in [-0.3, -0.25) is 4.98 Å². The average molecular weight is 197 g/mol. The second-order valence-corrected chi connectivity index (χ2v) is 3.33. The quantitative estimate of drug-likeness (QED) is 0.741. The third-order valence-corrected chi connectivity index (χ3v) is 2.02. The van der Waals surface area contributed by atoms with Gasteiger partial charge in [-0.1, -0.05) is 0 Å². The van der Waals surface area contributed by atoms with Gasteiger partial charge in [-0.2, -0.15) is 0 Å². The van der Waals surface area contributed by atoms with E-state index in [9.17, 15) is 4.39 Å². The van der Waals surface area contributed by atoms with Crippen molar-refractivity contribution in [3.63, 3.8) is 0 Å². The van der Waals surface area contributed by atoms with Gasteiger partial charge in [-0.05, 0) is 32.0 Å². The predicted molar refractivity (Wildman–Crippen MR) is 54.2 cm³/mol. The first-order valence-corrected chi connectivity index (χ1v) is 4.76. The summed E-state index contributed by atoms with van der Waals surface area (Å²) in [5, 5.41) is 3.25. The molecule has 1 rings (SSSR count). The molecule has 0 spiro atoms. The number of pyridine rings is 1. The van der Waals surface area contributed by atoms with Crippen molar-refractivity contribution >= 4 is 0 Å². The molecule has 3 nitrogen and oxygen atoms in total. The van der Waals surface area contributed by atoms with Crippen LogP contribution in [0.5, 0.6) is 0 Å². The van der Waals surface area contributed by atoms with E-state index < -0.39 is 0 Å². The van der Waals surface area contributed by atoms with Crippen molar-refractivity contribution in [2.45, 2.75) is 25.9 Å². The summed E-state index contributed by atoms with van der Waals surface area (Å²) in [6, 6.07) is 3.46. The van der Waals surface area contributed by atoms with Crippen molar-refractivity contribution in [1.82, 2.24) is 10.3 Å². The Balaban J connectivity index is 2.34. The Bertz CT molecular complexity index is 261. The van der Waals surface area contributed by atoms with Crippen LogP contribution >= 0.6 is 0 Å². The minimum Gasteiger partial charge on any atom is -0.330 e. The van der Waals surface area contributed by atoms with E-state index in [4.69, 9.17) is 5.73 Å². The number of nitrogens with zero attached hydrogens (tertiary/aromatic N) is 1. The number of hydrogen-bond donors (Lipinski definition) is 2. The van der Waals surface area contributed by atoms with E-state index in [1.54, 1.807) is 6.07 Å². The number of rotatable bonds is 5. The third-order valence-electron chi connectivity index (χ3n) is 2.02. The van der Waals surface area contributed by atoms with Gasteiger partial charge < -0.3 is 11.1 Å². The van der Waals surface area contributed by atoms with Crippen molar-refractivity contribution in [3.8, 4) is 0 Å². The fraction of sp³-hybridized carbons (Fsp3) is 0.500. The van der Waals surface area contributed by atoms with Crippen molar-refractivity contribution in [1.29, 1.82) is 0 Å². The molecule has 14 heavy (non-hydrogen) atoms. The Labute approximate surface area is 83.5 Å². The summed E-state index contributed by atoms with van der Waals surface area (Å²) in [6.45, 7) is 3.39. The first kappa shape index (κ1) is 11.1. The zero-order chi connectivity index (χ0) is 10.4. The molecule has 0 aliphatic heterocycles. The Morgan fingerprint density at radius 2 is 2.36 bits per heavy atom. The molecule has 1 unspecified atom stereocenters. The van der Waals surface area contributed by atoms with E-state index in [1.807, 2.05) is 0 Å². The molecule has 78 valence electrons. The summed E-state index contributed by atoms with van der Waals surface area (Å²) in [5.41, 5.74) is 6.26. The molecule has 0 saturated carbocycles. The summed E-state index contributed by atoms with van der Waals surface area (Å²) in [6.07, 6.45) is 2.16. The highest BCUT2D eigenvalue weighted by atomic mass is 19.1. The van der Waals surface area contributed by atoms with Gasteiger partial charge in [0.2, 0.25) is 0 Å². The molecule has 1 aromatic heterocycles. The van der Waals surface area contributed by atoms with Crippen LogP contribution in [-0.2, 0) is 6.54 Å². The lowest BCUT2D eigenvalue weighted by molar-refractivity contribution is 0.514. The SMILES string of the molecule is CC(CCN)NCc1ccc(F)cn1. The number of hydrogen-bond acceptors (Lipinski definition) is 3. The van der Waals surface area contributed by atoms with Crippen LogP contribution in [0.15, 0.2) is 18.3 Å². The van der Waals surface area contributed by atoms with Gasteiger partial charge >= 0.3 is 0 Å². The van der Waals surface area contributed by atoms with Crippen LogP contribution in [0.25, 0.3) is 0 Å². The van der Waals surface area contributed by atoms with Crippen LogP contribution in [0.1, 0.15) is 19.0 Å². The van der Waals surface area contributed by atoms with E-state index in [0.717, 1.165) is 12.1 Å². The highest BCUT2D eigenvalue weighted by Gasteiger charge is 2.00. The molecule has 3 N–H and O–H groups in total. The van der Waals surface area contributed by atoms with Crippen molar-refractivity contribution in [3.05, 3.63) is 29.8 Å². The Kier molecular flexibility index (Phi) is 4.49. The largest absolute Gasteiger partial charge is 0.330 e. The zero-order valence-corrected chi connectivity index (χ0v) is 8.33. The maximum absolute atomic E-state index is 12.5. The molecule has 1 heterocycles. The van der Waals surface area contributed by atoms with Crippen LogP contribution in [0.3, 0.4) is 0 Å². The van der Waals surface area contributed by atoms with Gasteiger partial charge in [0, 0.05) is 12.6 Å². The Hall–Kier alpha value is -1.00. The van der Waals surface area contributed by atoms with Crippen LogP contribution in [0.2, 0.25) is 0 Å². The van der Waals surface area contributed by atoms with Crippen LogP contribution < -0.4 is 11.1 Å². The number of halogens is 1. The fourth-order valence-electron chi connectivity index (χ4n) is 1.14. The summed E-state index contributed by atoms with van der Waals surface area (Å²) < 4.78 is 12.5. The van der Waals surface area contributed by atoms with Crippen LogP contribution in [0, 0.1) is 5.82 Å². The third kappa shape index (κ3) is 3.81. The smallest absolute Gasteiger partial charge is 0.141 e. The lowest BCUT2D eigenvalue weighted by atomic mass is 10.2. The topological polar surface area (TPSA) is 50.9 Å². The van der Waals surface area contributed by atoms with E-state index in [-0.39, 0.29) is 5.82 Å². The first-order valence-electron chi connectivity index (χ1n) is 4.76. The van der Waals surface area contributed by atoms with Crippen molar-refractivity contribution in [2.24, 2.45) is 5.73 Å². The van der Waals surface area contributed by atoms with Crippen molar-refractivity contribution < 1.29 is 4.39 Å². The van der Waals surface area contributed by atoms with E-state index >= 15 is 0 Å². The minimum absolute atomic E-state index is 0.302. The van der Waals surface area contributed by atoms with E-state index in [1.165, 1.54) is 12.3 Å². The molecule has 0 fully saturated rings. The second-order valence-electron chi connectivity index (χ2n) is 3.33. The molecule has 0 amide bonds. The highest BCUT2D eigenvalue weighted by molar-refractivity contribution is 5.04. The predicted octanol–water partition coefficient (Wildman–Crippen LogP) is 1.05. The molecule has 1 aromatic rings. The molecule has 0 radical (unpaired) electrons. The van der Waals surface area contributed by atoms with Gasteiger partial charge in [-0.15, -0.1) is 0 Å². The molecule has 0 aliphatic carbocycles. The van der Waals surface area contributed by atoms with Gasteiger partial charge in [0.15, 0.2) is 0 Å². The molecule has 0 aliphatic rings. The Morgan fingerprint density at radius 3 is 2.93 bits per heavy atom. The molecule has 0 saturated heterocycles. The lowest BCUT2D eigenvalue weighted by Crippen LogP contribution is -2.28. The fourth-order valence-corrected chi connectivity index (χ4v) is 1.14. The average Bonchev–Trinajstić information content (AvgIpc) is 2.17. The van der Waals surface area contributed by atoms with E-state index in [0.29, 0.717) is 19.1 Å². The van der Waals surface area contributed by atoms with Gasteiger partial charge in [0.1, 0.15) is 5.82 Å². The highest BCUT2D eigenvalue weighted by Crippen LogP contribution is 1.98. The number of aromatic nitrogens is 1. The number of nitrogens with two attached hydrogens (primary N) is 1. The van der Waals surface area contributed by atoms with Gasteiger partial charge in [0.25, 0.3) is 0 Å². The van der Waals surface area contributed by atoms with Crippen molar-refractivity contribution in [2.75, 3.05) is 6.54 Å². The monoisotopic (exact) mass is 197 g/mol. The molecule has 4 heteroatoms. The molecule has 0 aromatic carbocycles. The number of nitrogens with one attached hydrogen (secondary N) is 1. The molecule has 1 atom stereocenters. The standard InChI is InChI=1S/C10H16FN3/c1-8(4-5-12)13-7-10-3-2-9(11)6-14-10/h2-3,6,8,13H,4-5,7,12H2,1H3. The minimum atomic E-state index is -0.302. The molecular formula is C10H16FN3. The van der Waals surface area contributed by atoms with E-state index in [2.05, 4.69) is 17.2 Å². The first-order chi connectivity index (χ1) is 6.72. The normalized spacial score (nSPS) is 12.8.